The van der Waals surface area contributed by atoms with Crippen LogP contribution < -0.4 is 25.8 Å². The summed E-state index contributed by atoms with van der Waals surface area (Å²) in [5.41, 5.74) is 5.43. The number of β-lactam (4-membered cyclic amide) rings is 1. The van der Waals surface area contributed by atoms with Crippen LogP contribution in [0, 0.1) is 5.82 Å². The normalized spacial score (nSPS) is 22.1. The molecule has 15 nitrogen and oxygen atoms in total. The number of anilines is 2. The first-order valence-corrected chi connectivity index (χ1v) is 19.9. The van der Waals surface area contributed by atoms with Crippen LogP contribution in [0.4, 0.5) is 15.2 Å². The number of hydrogen-bond donors (Lipinski definition) is 5. The van der Waals surface area contributed by atoms with Gasteiger partial charge >= 0.3 is 11.9 Å². The molecule has 4 aliphatic rings. The predicted octanol–water partition coefficient (Wildman–Crippen LogP) is 2.55. The summed E-state index contributed by atoms with van der Waals surface area (Å²) in [6, 6.07) is 4.83. The zero-order chi connectivity index (χ0) is 37.8. The number of nitrogen functional groups attached to an aromatic ring is 1. The van der Waals surface area contributed by atoms with Crippen LogP contribution in [0.15, 0.2) is 51.1 Å². The summed E-state index contributed by atoms with van der Waals surface area (Å²) >= 11 is 3.71. The minimum Gasteiger partial charge on any atom is -0.478 e. The number of aromatic nitrogens is 2. The molecule has 3 aromatic rings. The number of pyridine rings is 1. The number of amides is 2. The molecule has 1 saturated carbocycles. The zero-order valence-corrected chi connectivity index (χ0v) is 31.4. The minimum absolute atomic E-state index is 0.0158. The van der Waals surface area contributed by atoms with E-state index in [-0.39, 0.29) is 39.9 Å². The largest absolute Gasteiger partial charge is 0.478 e. The first kappa shape index (κ1) is 36.9. The number of oxime groups is 1. The molecule has 280 valence electrons. The van der Waals surface area contributed by atoms with Crippen LogP contribution >= 0.6 is 34.9 Å². The maximum atomic E-state index is 15.8. The van der Waals surface area contributed by atoms with Crippen molar-refractivity contribution < 1.29 is 43.2 Å². The summed E-state index contributed by atoms with van der Waals surface area (Å²) in [7, 11) is 0. The average Bonchev–Trinajstić information content (AvgIpc) is 3.88. The lowest BCUT2D eigenvalue weighted by Gasteiger charge is -2.49. The fraction of sp³-hybridized carbons (Fsp3) is 0.441. The number of nitrogens with two attached hydrogens (primary N) is 1. The Labute approximate surface area is 315 Å². The Kier molecular flexibility index (Phi) is 10.0. The molecule has 0 spiro atoms. The lowest BCUT2D eigenvalue weighted by atomic mass is 10.0. The Hall–Kier alpha value is -4.46. The maximum Gasteiger partial charge on any atom is 0.352 e. The molecule has 1 aliphatic carbocycles. The van der Waals surface area contributed by atoms with E-state index in [0.29, 0.717) is 23.8 Å². The number of piperazine rings is 1. The van der Waals surface area contributed by atoms with Gasteiger partial charge in [-0.3, -0.25) is 14.5 Å². The number of hydrogen-bond acceptors (Lipinski definition) is 13. The third-order valence-electron chi connectivity index (χ3n) is 9.54. The number of thioether (sulfide) groups is 2. The van der Waals surface area contributed by atoms with Crippen molar-refractivity contribution >= 4 is 86.0 Å². The van der Waals surface area contributed by atoms with Gasteiger partial charge in [0.25, 0.3) is 11.8 Å². The van der Waals surface area contributed by atoms with E-state index in [1.807, 2.05) is 18.3 Å². The summed E-state index contributed by atoms with van der Waals surface area (Å²) in [5, 5.41) is 31.0. The van der Waals surface area contributed by atoms with E-state index in [4.69, 9.17) is 10.6 Å². The van der Waals surface area contributed by atoms with Gasteiger partial charge in [-0.05, 0) is 32.4 Å². The van der Waals surface area contributed by atoms with Crippen molar-refractivity contribution in [1.82, 2.24) is 20.5 Å². The molecule has 3 fully saturated rings. The number of carboxylic acid groups (broad SMARTS) is 2. The van der Waals surface area contributed by atoms with Crippen molar-refractivity contribution in [3.05, 3.63) is 52.6 Å². The molecule has 53 heavy (non-hydrogen) atoms. The van der Waals surface area contributed by atoms with Gasteiger partial charge in [0, 0.05) is 72.4 Å². The number of thiazole rings is 1. The highest BCUT2D eigenvalue weighted by Crippen LogP contribution is 2.43. The van der Waals surface area contributed by atoms with E-state index in [2.05, 4.69) is 37.2 Å². The smallest absolute Gasteiger partial charge is 0.352 e. The first-order chi connectivity index (χ1) is 25.2. The topological polar surface area (TPSA) is 204 Å². The van der Waals surface area contributed by atoms with Crippen molar-refractivity contribution in [1.29, 1.82) is 0 Å². The van der Waals surface area contributed by atoms with E-state index < -0.39 is 46.5 Å². The standard InChI is InChI=1S/C34H37FN8O7S3/c1-16-12-37-7-9-41(16)23-11-22-19(10-20(23)35)24(6-8-42(22)18-4-5-18)51-13-17-14-52-30-26(29(45)43(30)27(17)31(46)47)39-28(44)25(21-15-53-33(36)38-21)40-50-34(2,3)32(48)49/h6,8,10-11,15-16,18,26,30,37H,4-5,7,9,12-14H2,1-3H3,(H4-,36,38,39,44,46,47,48,49)/p+1/b40-25-. The van der Waals surface area contributed by atoms with Crippen LogP contribution in [0.5, 0.6) is 0 Å². The van der Waals surface area contributed by atoms with Gasteiger partial charge in [0.05, 0.1) is 11.1 Å². The Balaban J connectivity index is 1.11. The van der Waals surface area contributed by atoms with Crippen LogP contribution in [-0.2, 0) is 24.0 Å². The van der Waals surface area contributed by atoms with Crippen LogP contribution in [0.25, 0.3) is 10.9 Å². The quantitative estimate of drug-likeness (QED) is 0.0590. The second-order valence-electron chi connectivity index (χ2n) is 13.7. The minimum atomic E-state index is -1.78. The van der Waals surface area contributed by atoms with E-state index in [1.165, 1.54) is 47.7 Å². The molecule has 2 saturated heterocycles. The number of halogens is 1. The molecule has 1 aromatic carbocycles. The summed E-state index contributed by atoms with van der Waals surface area (Å²) < 4.78 is 18.0. The summed E-state index contributed by atoms with van der Waals surface area (Å²) in [6.45, 7) is 6.80. The number of fused-ring (bicyclic) bond motifs is 2. The lowest BCUT2D eigenvalue weighted by Crippen LogP contribution is -2.71. The van der Waals surface area contributed by atoms with Crippen LogP contribution in [0.2, 0.25) is 0 Å². The number of benzene rings is 1. The third-order valence-corrected chi connectivity index (χ3v) is 12.7. The van der Waals surface area contributed by atoms with Gasteiger partial charge in [-0.25, -0.2) is 19.0 Å². The van der Waals surface area contributed by atoms with E-state index in [9.17, 15) is 29.4 Å². The number of carbonyl (C=O) groups is 4. The highest BCUT2D eigenvalue weighted by molar-refractivity contribution is 8.01. The molecule has 7 rings (SSSR count). The van der Waals surface area contributed by atoms with Gasteiger partial charge in [0.15, 0.2) is 23.1 Å². The number of nitrogens with one attached hydrogen (secondary N) is 2. The molecule has 0 bridgehead atoms. The van der Waals surface area contributed by atoms with Crippen LogP contribution in [0.3, 0.4) is 0 Å². The van der Waals surface area contributed by atoms with E-state index in [1.54, 1.807) is 6.07 Å². The van der Waals surface area contributed by atoms with Gasteiger partial charge in [0.1, 0.15) is 28.6 Å². The Bertz CT molecular complexity index is 2090. The molecule has 2 aromatic heterocycles. The van der Waals surface area contributed by atoms with Crippen LogP contribution in [-0.4, -0.2) is 104 Å². The summed E-state index contributed by atoms with van der Waals surface area (Å²) in [4.78, 5) is 64.4. The zero-order valence-electron chi connectivity index (χ0n) is 29.0. The second kappa shape index (κ2) is 14.4. The molecular weight excluding hydrogens is 748 g/mol. The summed E-state index contributed by atoms with van der Waals surface area (Å²) in [5.74, 6) is -3.92. The fourth-order valence-electron chi connectivity index (χ4n) is 6.46. The molecule has 0 radical (unpaired) electrons. The molecule has 3 aliphatic heterocycles. The summed E-state index contributed by atoms with van der Waals surface area (Å²) in [6.07, 6.45) is 4.11. The molecular formula is C34H38FN8O7S3+. The van der Waals surface area contributed by atoms with Gasteiger partial charge < -0.3 is 36.3 Å². The van der Waals surface area contributed by atoms with Gasteiger partial charge in [-0.2, -0.15) is 4.57 Å². The second-order valence-corrected chi connectivity index (χ2v) is 16.7. The molecule has 6 N–H and O–H groups in total. The number of rotatable bonds is 12. The van der Waals surface area contributed by atoms with E-state index >= 15 is 4.39 Å². The first-order valence-electron chi connectivity index (χ1n) is 16.9. The Morgan fingerprint density at radius 2 is 2.06 bits per heavy atom. The molecule has 3 unspecified atom stereocenters. The lowest BCUT2D eigenvalue weighted by molar-refractivity contribution is -0.675. The van der Waals surface area contributed by atoms with Crippen molar-refractivity contribution in [2.45, 2.75) is 67.6 Å². The highest BCUT2D eigenvalue weighted by atomic mass is 32.2. The van der Waals surface area contributed by atoms with Crippen molar-refractivity contribution in [2.24, 2.45) is 5.16 Å². The SMILES string of the molecule is CC1CNCCN1c1cc2c(cc1F)c(SCC1=C(C(=O)O)N3C(=O)C(NC(=O)/C(=N\OC(C)(C)C(=O)O)c4csc(N)n4)C3SC1)cc[n+]2C1CC1. The van der Waals surface area contributed by atoms with Crippen molar-refractivity contribution in [3.8, 4) is 0 Å². The highest BCUT2D eigenvalue weighted by Gasteiger charge is 2.54. The number of nitrogens with zero attached hydrogens (tertiary/aromatic N) is 5. The Morgan fingerprint density at radius 1 is 1.28 bits per heavy atom. The van der Waals surface area contributed by atoms with E-state index in [0.717, 1.165) is 53.1 Å². The molecule has 3 atom stereocenters. The fourth-order valence-corrected chi connectivity index (χ4v) is 9.53. The van der Waals surface area contributed by atoms with Crippen LogP contribution in [0.1, 0.15) is 45.3 Å². The Morgan fingerprint density at radius 3 is 2.72 bits per heavy atom. The number of carbonyl (C=O) groups excluding carboxylic acids is 2. The van der Waals surface area contributed by atoms with Gasteiger partial charge in [0.2, 0.25) is 11.1 Å². The van der Waals surface area contributed by atoms with Crippen molar-refractivity contribution in [3.63, 3.8) is 0 Å². The van der Waals surface area contributed by atoms with Gasteiger partial charge in [-0.1, -0.05) is 5.16 Å². The number of aliphatic carboxylic acids is 2. The number of carboxylic acids is 2. The third kappa shape index (κ3) is 7.14. The monoisotopic (exact) mass is 785 g/mol. The molecule has 2 amide bonds. The average molecular weight is 786 g/mol. The predicted molar refractivity (Wildman–Crippen MR) is 198 cm³/mol. The molecule has 5 heterocycles. The maximum absolute atomic E-state index is 15.8. The van der Waals surface area contributed by atoms with Crippen molar-refractivity contribution in [2.75, 3.05) is 41.8 Å². The van der Waals surface area contributed by atoms with Gasteiger partial charge in [-0.15, -0.1) is 34.9 Å². The molecule has 19 heteroatoms.